The highest BCUT2D eigenvalue weighted by molar-refractivity contribution is 9.10. The molecule has 6 heteroatoms. The topological polar surface area (TPSA) is 35.6 Å². The summed E-state index contributed by atoms with van der Waals surface area (Å²) in [6.45, 7) is 0. The van der Waals surface area contributed by atoms with E-state index in [0.717, 1.165) is 20.8 Å². The molecule has 0 radical (unpaired) electrons. The number of hydrogen-bond donors (Lipinski definition) is 0. The summed E-state index contributed by atoms with van der Waals surface area (Å²) >= 11 is 6.83. The van der Waals surface area contributed by atoms with Crippen LogP contribution in [0.25, 0.3) is 11.4 Å². The van der Waals surface area contributed by atoms with E-state index in [0.29, 0.717) is 0 Å². The summed E-state index contributed by atoms with van der Waals surface area (Å²) in [5.74, 6) is 0. The van der Waals surface area contributed by atoms with Crippen LogP contribution in [-0.4, -0.2) is 19.1 Å². The molecule has 0 aliphatic rings. The third-order valence-corrected chi connectivity index (χ3v) is 3.75. The average Bonchev–Trinajstić information content (AvgIpc) is 2.98. The van der Waals surface area contributed by atoms with Crippen LogP contribution in [0, 0.1) is 0 Å². The molecule has 0 aliphatic carbocycles. The van der Waals surface area contributed by atoms with Gasteiger partial charge in [0.25, 0.3) is 0 Å². The summed E-state index contributed by atoms with van der Waals surface area (Å²) in [5, 5.41) is 0. The molecule has 4 nitrogen and oxygen atoms in total. The van der Waals surface area contributed by atoms with Gasteiger partial charge in [0.05, 0.1) is 0 Å². The van der Waals surface area contributed by atoms with Gasteiger partial charge in [0.2, 0.25) is 0 Å². The highest BCUT2D eigenvalue weighted by Gasteiger charge is 2.05. The molecular weight excluding hydrogens is 360 g/mol. The fraction of sp³-hybridized carbons (Fsp3) is 0. The second-order valence-electron chi connectivity index (χ2n) is 3.65. The lowest BCUT2D eigenvalue weighted by atomic mass is 10.2. The Labute approximate surface area is 121 Å². The summed E-state index contributed by atoms with van der Waals surface area (Å²) in [5.41, 5.74) is 2.08. The molecule has 3 rings (SSSR count). The van der Waals surface area contributed by atoms with Crippen LogP contribution in [0.2, 0.25) is 0 Å². The average molecular weight is 368 g/mol. The first-order chi connectivity index (χ1) is 8.75. The summed E-state index contributed by atoms with van der Waals surface area (Å²) in [7, 11) is 0. The minimum atomic E-state index is 0.782. The zero-order valence-electron chi connectivity index (χ0n) is 9.16. The Morgan fingerprint density at radius 2 is 1.33 bits per heavy atom. The zero-order chi connectivity index (χ0) is 12.5. The van der Waals surface area contributed by atoms with Crippen molar-refractivity contribution in [3.05, 3.63) is 58.5 Å². The molecule has 90 valence electrons. The molecule has 0 aliphatic heterocycles. The molecule has 0 amide bonds. The van der Waals surface area contributed by atoms with Gasteiger partial charge in [0, 0.05) is 36.2 Å². The standard InChI is InChI=1S/C12H8Br2N4/c13-11-15-4-6-17(11)9-2-1-3-10(8-9)18-7-5-16-12(18)14/h1-8H. The Morgan fingerprint density at radius 3 is 1.72 bits per heavy atom. The Morgan fingerprint density at radius 1 is 0.833 bits per heavy atom. The largest absolute Gasteiger partial charge is 0.294 e. The van der Waals surface area contributed by atoms with Gasteiger partial charge < -0.3 is 0 Å². The quantitative estimate of drug-likeness (QED) is 0.693. The number of nitrogens with zero attached hydrogens (tertiary/aromatic N) is 4. The van der Waals surface area contributed by atoms with Gasteiger partial charge in [0.15, 0.2) is 9.47 Å². The number of aromatic nitrogens is 4. The Balaban J connectivity index is 2.11. The molecule has 3 aromatic rings. The minimum Gasteiger partial charge on any atom is -0.294 e. The molecule has 1 aromatic carbocycles. The molecule has 2 aromatic heterocycles. The van der Waals surface area contributed by atoms with Crippen LogP contribution in [-0.2, 0) is 0 Å². The third-order valence-electron chi connectivity index (χ3n) is 2.58. The fourth-order valence-corrected chi connectivity index (χ4v) is 2.63. The van der Waals surface area contributed by atoms with E-state index in [-0.39, 0.29) is 0 Å². The van der Waals surface area contributed by atoms with Crippen LogP contribution in [0.1, 0.15) is 0 Å². The van der Waals surface area contributed by atoms with Gasteiger partial charge in [-0.25, -0.2) is 9.97 Å². The van der Waals surface area contributed by atoms with Gasteiger partial charge >= 0.3 is 0 Å². The second-order valence-corrected chi connectivity index (χ2v) is 5.07. The molecule has 0 unspecified atom stereocenters. The molecule has 0 saturated carbocycles. The predicted molar refractivity (Wildman–Crippen MR) is 76.1 cm³/mol. The van der Waals surface area contributed by atoms with Gasteiger partial charge in [-0.2, -0.15) is 0 Å². The van der Waals surface area contributed by atoms with E-state index in [1.54, 1.807) is 12.4 Å². The van der Waals surface area contributed by atoms with E-state index in [1.165, 1.54) is 0 Å². The highest BCUT2D eigenvalue weighted by atomic mass is 79.9. The van der Waals surface area contributed by atoms with Crippen LogP contribution in [0.3, 0.4) is 0 Å². The van der Waals surface area contributed by atoms with Gasteiger partial charge in [-0.1, -0.05) is 6.07 Å². The number of halogens is 2. The summed E-state index contributed by atoms with van der Waals surface area (Å²) in [6, 6.07) is 8.13. The molecule has 0 atom stereocenters. The molecule has 0 N–H and O–H groups in total. The van der Waals surface area contributed by atoms with Crippen LogP contribution in [0.15, 0.2) is 58.5 Å². The third kappa shape index (κ3) is 2.02. The van der Waals surface area contributed by atoms with Crippen molar-refractivity contribution in [3.63, 3.8) is 0 Å². The van der Waals surface area contributed by atoms with E-state index in [2.05, 4.69) is 47.9 Å². The van der Waals surface area contributed by atoms with Gasteiger partial charge in [-0.15, -0.1) is 0 Å². The van der Waals surface area contributed by atoms with Crippen molar-refractivity contribution >= 4 is 31.9 Å². The van der Waals surface area contributed by atoms with Crippen LogP contribution < -0.4 is 0 Å². The fourth-order valence-electron chi connectivity index (χ4n) is 1.75. The first-order valence-corrected chi connectivity index (χ1v) is 6.83. The molecule has 0 spiro atoms. The van der Waals surface area contributed by atoms with E-state index in [4.69, 9.17) is 0 Å². The predicted octanol–water partition coefficient (Wildman–Crippen LogP) is 3.58. The maximum atomic E-state index is 4.15. The maximum absolute atomic E-state index is 4.15. The summed E-state index contributed by atoms with van der Waals surface area (Å²) in [4.78, 5) is 8.31. The summed E-state index contributed by atoms with van der Waals surface area (Å²) < 4.78 is 5.50. The zero-order valence-corrected chi connectivity index (χ0v) is 12.3. The smallest absolute Gasteiger partial charge is 0.181 e. The number of rotatable bonds is 2. The Kier molecular flexibility index (Phi) is 3.05. The van der Waals surface area contributed by atoms with E-state index >= 15 is 0 Å². The van der Waals surface area contributed by atoms with E-state index < -0.39 is 0 Å². The second kappa shape index (κ2) is 4.70. The maximum Gasteiger partial charge on any atom is 0.181 e. The van der Waals surface area contributed by atoms with Crippen molar-refractivity contribution in [1.29, 1.82) is 0 Å². The minimum absolute atomic E-state index is 0.782. The van der Waals surface area contributed by atoms with Gasteiger partial charge in [-0.05, 0) is 50.1 Å². The Bertz CT molecular complexity index is 631. The number of hydrogen-bond acceptors (Lipinski definition) is 2. The number of imidazole rings is 2. The first kappa shape index (κ1) is 11.7. The molecule has 18 heavy (non-hydrogen) atoms. The molecule has 0 fully saturated rings. The van der Waals surface area contributed by atoms with Crippen molar-refractivity contribution in [2.24, 2.45) is 0 Å². The molecule has 0 bridgehead atoms. The number of benzene rings is 1. The molecule has 0 saturated heterocycles. The molecular formula is C12H8Br2N4. The lowest BCUT2D eigenvalue weighted by Crippen LogP contribution is -1.97. The lowest BCUT2D eigenvalue weighted by molar-refractivity contribution is 0.983. The summed E-state index contributed by atoms with van der Waals surface area (Å²) in [6.07, 6.45) is 7.33. The monoisotopic (exact) mass is 366 g/mol. The lowest BCUT2D eigenvalue weighted by Gasteiger charge is -2.08. The van der Waals surface area contributed by atoms with Gasteiger partial charge in [-0.3, -0.25) is 9.13 Å². The normalized spacial score (nSPS) is 10.8. The first-order valence-electron chi connectivity index (χ1n) is 5.24. The van der Waals surface area contributed by atoms with Crippen molar-refractivity contribution < 1.29 is 0 Å². The van der Waals surface area contributed by atoms with Crippen LogP contribution >= 0.6 is 31.9 Å². The van der Waals surface area contributed by atoms with Crippen molar-refractivity contribution in [2.75, 3.05) is 0 Å². The van der Waals surface area contributed by atoms with Crippen LogP contribution in [0.5, 0.6) is 0 Å². The highest BCUT2D eigenvalue weighted by Crippen LogP contribution is 2.20. The molecule has 2 heterocycles. The van der Waals surface area contributed by atoms with Crippen molar-refractivity contribution in [2.45, 2.75) is 0 Å². The SMILES string of the molecule is Brc1nccn1-c1cccc(-n2ccnc2Br)c1. The van der Waals surface area contributed by atoms with Crippen LogP contribution in [0.4, 0.5) is 0 Å². The van der Waals surface area contributed by atoms with E-state index in [1.807, 2.05) is 39.7 Å². The Hall–Kier alpha value is -1.40. The van der Waals surface area contributed by atoms with Crippen molar-refractivity contribution in [3.8, 4) is 11.4 Å². The van der Waals surface area contributed by atoms with Crippen molar-refractivity contribution in [1.82, 2.24) is 19.1 Å². The van der Waals surface area contributed by atoms with E-state index in [9.17, 15) is 0 Å². The van der Waals surface area contributed by atoms with Gasteiger partial charge in [0.1, 0.15) is 0 Å².